The number of carbonyl (C=O) groups is 1. The molecule has 0 unspecified atom stereocenters. The third-order valence-corrected chi connectivity index (χ3v) is 6.96. The van der Waals surface area contributed by atoms with Crippen LogP contribution in [0.3, 0.4) is 0 Å². The highest BCUT2D eigenvalue weighted by Crippen LogP contribution is 2.34. The normalized spacial score (nSPS) is 11.2. The van der Waals surface area contributed by atoms with Gasteiger partial charge in [0.15, 0.2) is 0 Å². The molecule has 0 N–H and O–H groups in total. The molecule has 0 radical (unpaired) electrons. The summed E-state index contributed by atoms with van der Waals surface area (Å²) < 4.78 is 0. The summed E-state index contributed by atoms with van der Waals surface area (Å²) in [6, 6.07) is 30.7. The summed E-state index contributed by atoms with van der Waals surface area (Å²) in [6.07, 6.45) is 0.724. The predicted octanol–water partition coefficient (Wildman–Crippen LogP) is 9.61. The molecule has 1 nitrogen and oxygen atoms in total. The zero-order chi connectivity index (χ0) is 24.1. The number of ketones is 1. The van der Waals surface area contributed by atoms with Crippen LogP contribution in [0.25, 0.3) is 0 Å². The highest BCUT2D eigenvalue weighted by atomic mass is 35.5. The van der Waals surface area contributed by atoms with Crippen molar-refractivity contribution in [3.63, 3.8) is 0 Å². The molecule has 4 rings (SSSR count). The van der Waals surface area contributed by atoms with Gasteiger partial charge in [0.1, 0.15) is 5.78 Å². The van der Waals surface area contributed by atoms with E-state index in [1.54, 1.807) is 0 Å². The summed E-state index contributed by atoms with van der Waals surface area (Å²) in [6.45, 7) is 0. The molecule has 0 fully saturated rings. The van der Waals surface area contributed by atoms with Crippen molar-refractivity contribution in [3.05, 3.63) is 139 Å². The predicted molar refractivity (Wildman–Crippen MR) is 144 cm³/mol. The number of hydrogen-bond donors (Lipinski definition) is 0. The number of rotatable bonds is 8. The maximum atomic E-state index is 13.5. The van der Waals surface area contributed by atoms with Crippen molar-refractivity contribution < 1.29 is 4.79 Å². The lowest BCUT2D eigenvalue weighted by Crippen LogP contribution is -2.13. The van der Waals surface area contributed by atoms with E-state index in [1.807, 2.05) is 97.1 Å². The second kappa shape index (κ2) is 11.4. The van der Waals surface area contributed by atoms with E-state index >= 15 is 0 Å². The van der Waals surface area contributed by atoms with E-state index < -0.39 is 0 Å². The highest BCUT2D eigenvalue weighted by Gasteiger charge is 2.23. The Morgan fingerprint density at radius 3 is 0.853 bits per heavy atom. The van der Waals surface area contributed by atoms with Crippen LogP contribution in [-0.4, -0.2) is 5.78 Å². The summed E-state index contributed by atoms with van der Waals surface area (Å²) >= 11 is 24.4. The van der Waals surface area contributed by atoms with Crippen LogP contribution in [-0.2, 0) is 4.79 Å². The van der Waals surface area contributed by atoms with E-state index in [4.69, 9.17) is 46.4 Å². The van der Waals surface area contributed by atoms with Crippen molar-refractivity contribution in [2.24, 2.45) is 0 Å². The van der Waals surface area contributed by atoms with Gasteiger partial charge in [-0.3, -0.25) is 4.79 Å². The molecule has 0 aliphatic heterocycles. The van der Waals surface area contributed by atoms with Gasteiger partial charge in [-0.15, -0.1) is 0 Å². The fourth-order valence-electron chi connectivity index (χ4n) is 4.18. The number of hydrogen-bond acceptors (Lipinski definition) is 1. The number of halogens is 4. The Balaban J connectivity index is 1.63. The summed E-state index contributed by atoms with van der Waals surface area (Å²) in [5.74, 6) is -0.0407. The zero-order valence-corrected chi connectivity index (χ0v) is 21.3. The second-order valence-corrected chi connectivity index (χ2v) is 10.0. The zero-order valence-electron chi connectivity index (χ0n) is 18.2. The largest absolute Gasteiger partial charge is 0.300 e. The van der Waals surface area contributed by atoms with Crippen LogP contribution in [0.4, 0.5) is 0 Å². The molecule has 5 heteroatoms. The van der Waals surface area contributed by atoms with Crippen LogP contribution in [0.1, 0.15) is 46.9 Å². The summed E-state index contributed by atoms with van der Waals surface area (Å²) in [7, 11) is 0. The molecular weight excluding hydrogens is 506 g/mol. The maximum absolute atomic E-state index is 13.5. The molecule has 0 heterocycles. The Morgan fingerprint density at radius 2 is 0.647 bits per heavy atom. The SMILES string of the molecule is O=C(CC(c1ccc(Cl)cc1)c1ccc(Cl)cc1)CC(c1ccc(Cl)cc1)c1ccc(Cl)cc1. The van der Waals surface area contributed by atoms with Gasteiger partial charge in [0.05, 0.1) is 0 Å². The highest BCUT2D eigenvalue weighted by molar-refractivity contribution is 6.31. The average molecular weight is 528 g/mol. The molecule has 4 aromatic rings. The fraction of sp³-hybridized carbons (Fsp3) is 0.138. The molecule has 0 spiro atoms. The first-order chi connectivity index (χ1) is 16.4. The van der Waals surface area contributed by atoms with Crippen LogP contribution in [0.2, 0.25) is 20.1 Å². The number of benzene rings is 4. The van der Waals surface area contributed by atoms with Gasteiger partial charge in [0.2, 0.25) is 0 Å². The van der Waals surface area contributed by atoms with Crippen LogP contribution in [0.15, 0.2) is 97.1 Å². The molecule has 0 aliphatic carbocycles. The van der Waals surface area contributed by atoms with Gasteiger partial charge in [-0.05, 0) is 70.8 Å². The minimum absolute atomic E-state index is 0.0990. The summed E-state index contributed by atoms with van der Waals surface area (Å²) in [5.41, 5.74) is 4.15. The lowest BCUT2D eigenvalue weighted by Gasteiger charge is -2.21. The van der Waals surface area contributed by atoms with E-state index in [1.165, 1.54) is 0 Å². The average Bonchev–Trinajstić information content (AvgIpc) is 2.84. The Bertz CT molecular complexity index is 1040. The Morgan fingerprint density at radius 1 is 0.441 bits per heavy atom. The van der Waals surface area contributed by atoms with E-state index in [2.05, 4.69) is 0 Å². The van der Waals surface area contributed by atoms with Gasteiger partial charge >= 0.3 is 0 Å². The van der Waals surface area contributed by atoms with Gasteiger partial charge in [-0.1, -0.05) is 94.9 Å². The lowest BCUT2D eigenvalue weighted by molar-refractivity contribution is -0.119. The molecule has 0 aromatic heterocycles. The molecule has 34 heavy (non-hydrogen) atoms. The van der Waals surface area contributed by atoms with Crippen LogP contribution < -0.4 is 0 Å². The summed E-state index contributed by atoms with van der Waals surface area (Å²) in [5, 5.41) is 2.65. The molecule has 0 atom stereocenters. The van der Waals surface area contributed by atoms with E-state index in [0.717, 1.165) is 22.3 Å². The Labute approximate surface area is 220 Å². The van der Waals surface area contributed by atoms with E-state index in [-0.39, 0.29) is 17.6 Å². The first-order valence-corrected chi connectivity index (χ1v) is 12.4. The van der Waals surface area contributed by atoms with Crippen molar-refractivity contribution in [2.45, 2.75) is 24.7 Å². The Kier molecular flexibility index (Phi) is 8.34. The molecular formula is C29H22Cl4O. The van der Waals surface area contributed by atoms with Gasteiger partial charge in [-0.2, -0.15) is 0 Å². The van der Waals surface area contributed by atoms with Crippen LogP contribution in [0.5, 0.6) is 0 Å². The standard InChI is InChI=1S/C29H22Cl4O/c30-23-9-1-19(2-10-23)28(20-3-11-24(31)12-4-20)17-27(34)18-29(21-5-13-25(32)14-6-21)22-7-15-26(33)16-8-22/h1-16,28-29H,17-18H2. The minimum atomic E-state index is -0.0990. The Hall–Kier alpha value is -2.29. The molecule has 0 bridgehead atoms. The number of carbonyl (C=O) groups excluding carboxylic acids is 1. The molecule has 0 saturated heterocycles. The topological polar surface area (TPSA) is 17.1 Å². The minimum Gasteiger partial charge on any atom is -0.300 e. The van der Waals surface area contributed by atoms with Crippen molar-refractivity contribution in [2.75, 3.05) is 0 Å². The van der Waals surface area contributed by atoms with Gasteiger partial charge in [-0.25, -0.2) is 0 Å². The molecule has 0 aliphatic rings. The first kappa shape index (κ1) is 24.8. The smallest absolute Gasteiger partial charge is 0.134 e. The first-order valence-electron chi connectivity index (χ1n) is 10.9. The fourth-order valence-corrected chi connectivity index (χ4v) is 4.68. The quantitative estimate of drug-likeness (QED) is 0.223. The molecule has 0 saturated carbocycles. The van der Waals surface area contributed by atoms with E-state index in [0.29, 0.717) is 32.9 Å². The molecule has 0 amide bonds. The van der Waals surface area contributed by atoms with Gasteiger partial charge in [0, 0.05) is 44.8 Å². The van der Waals surface area contributed by atoms with Crippen LogP contribution in [0, 0.1) is 0 Å². The van der Waals surface area contributed by atoms with E-state index in [9.17, 15) is 4.79 Å². The van der Waals surface area contributed by atoms with Gasteiger partial charge < -0.3 is 0 Å². The van der Waals surface area contributed by atoms with Crippen molar-refractivity contribution in [1.82, 2.24) is 0 Å². The van der Waals surface area contributed by atoms with Crippen LogP contribution >= 0.6 is 46.4 Å². The molecule has 4 aromatic carbocycles. The summed E-state index contributed by atoms with van der Waals surface area (Å²) in [4.78, 5) is 13.5. The third kappa shape index (κ3) is 6.43. The monoisotopic (exact) mass is 526 g/mol. The van der Waals surface area contributed by atoms with Crippen molar-refractivity contribution in [3.8, 4) is 0 Å². The van der Waals surface area contributed by atoms with Crippen molar-refractivity contribution in [1.29, 1.82) is 0 Å². The number of Topliss-reactive ketones (excluding diaryl/α,β-unsaturated/α-hetero) is 1. The second-order valence-electron chi connectivity index (χ2n) is 8.26. The van der Waals surface area contributed by atoms with Crippen molar-refractivity contribution >= 4 is 52.2 Å². The molecule has 172 valence electrons. The lowest BCUT2D eigenvalue weighted by atomic mass is 9.82. The van der Waals surface area contributed by atoms with Gasteiger partial charge in [0.25, 0.3) is 0 Å². The maximum Gasteiger partial charge on any atom is 0.134 e. The third-order valence-electron chi connectivity index (χ3n) is 5.95.